The number of amides is 1. The van der Waals surface area contributed by atoms with Crippen molar-refractivity contribution >= 4 is 5.91 Å². The molecule has 23 heavy (non-hydrogen) atoms. The molecule has 2 aromatic rings. The van der Waals surface area contributed by atoms with Crippen molar-refractivity contribution < 1.29 is 14.1 Å². The van der Waals surface area contributed by atoms with E-state index >= 15 is 0 Å². The molecule has 2 heterocycles. The molecule has 1 amide bonds. The summed E-state index contributed by atoms with van der Waals surface area (Å²) in [6.45, 7) is 6.31. The van der Waals surface area contributed by atoms with Gasteiger partial charge in [-0.3, -0.25) is 9.69 Å². The normalized spacial score (nSPS) is 15.5. The maximum atomic E-state index is 12.5. The average Bonchev–Trinajstić information content (AvgIpc) is 2.99. The van der Waals surface area contributed by atoms with Crippen LogP contribution < -0.4 is 5.32 Å². The molecule has 1 aliphatic heterocycles. The van der Waals surface area contributed by atoms with Gasteiger partial charge >= 0.3 is 0 Å². The van der Waals surface area contributed by atoms with Crippen LogP contribution in [0.4, 0.5) is 0 Å². The minimum absolute atomic E-state index is 0.0746. The van der Waals surface area contributed by atoms with Crippen molar-refractivity contribution in [1.29, 1.82) is 0 Å². The van der Waals surface area contributed by atoms with Gasteiger partial charge in [0.15, 0.2) is 0 Å². The fourth-order valence-corrected chi connectivity index (χ4v) is 2.64. The van der Waals surface area contributed by atoms with Crippen molar-refractivity contribution in [2.24, 2.45) is 0 Å². The molecule has 1 fully saturated rings. The van der Waals surface area contributed by atoms with E-state index < -0.39 is 0 Å². The molecule has 0 unspecified atom stereocenters. The van der Waals surface area contributed by atoms with Crippen LogP contribution >= 0.6 is 0 Å². The summed E-state index contributed by atoms with van der Waals surface area (Å²) in [6, 6.07) is 7.74. The van der Waals surface area contributed by atoms with Crippen molar-refractivity contribution in [3.05, 3.63) is 52.9 Å². The molecule has 1 saturated heterocycles. The van der Waals surface area contributed by atoms with E-state index in [0.717, 1.165) is 49.7 Å². The third kappa shape index (κ3) is 3.97. The molecule has 6 nitrogen and oxygen atoms in total. The maximum Gasteiger partial charge on any atom is 0.251 e. The van der Waals surface area contributed by atoms with E-state index in [1.165, 1.54) is 0 Å². The van der Waals surface area contributed by atoms with E-state index in [2.05, 4.69) is 15.4 Å². The zero-order valence-corrected chi connectivity index (χ0v) is 13.2. The number of carbonyl (C=O) groups is 1. The van der Waals surface area contributed by atoms with E-state index in [-0.39, 0.29) is 5.91 Å². The number of aromatic nitrogens is 1. The number of rotatable bonds is 5. The number of aryl methyl sites for hydroxylation is 1. The Kier molecular flexibility index (Phi) is 5.05. The summed E-state index contributed by atoms with van der Waals surface area (Å²) < 4.78 is 10.4. The van der Waals surface area contributed by atoms with Gasteiger partial charge in [-0.25, -0.2) is 0 Å². The molecule has 1 aliphatic rings. The first-order chi connectivity index (χ1) is 11.2. The Bertz CT molecular complexity index is 663. The van der Waals surface area contributed by atoms with Crippen LogP contribution in [0.25, 0.3) is 0 Å². The Balaban J connectivity index is 1.66. The number of ether oxygens (including phenoxy) is 1. The number of hydrogen-bond acceptors (Lipinski definition) is 5. The van der Waals surface area contributed by atoms with Crippen LogP contribution in [0.15, 0.2) is 35.0 Å². The Morgan fingerprint density at radius 1 is 1.26 bits per heavy atom. The van der Waals surface area contributed by atoms with Gasteiger partial charge in [0, 0.05) is 37.3 Å². The first-order valence-electron chi connectivity index (χ1n) is 7.80. The average molecular weight is 315 g/mol. The van der Waals surface area contributed by atoms with Gasteiger partial charge in [-0.15, -0.1) is 0 Å². The standard InChI is InChI=1S/C17H21N3O3/c1-13-15(11-19-23-13)10-18-17(21)16-5-3-2-4-14(16)12-20-6-8-22-9-7-20/h2-5,11H,6-10,12H2,1H3,(H,18,21). The summed E-state index contributed by atoms with van der Waals surface area (Å²) in [5.74, 6) is 0.654. The predicted molar refractivity (Wildman–Crippen MR) is 84.9 cm³/mol. The largest absolute Gasteiger partial charge is 0.379 e. The highest BCUT2D eigenvalue weighted by atomic mass is 16.5. The molecule has 0 saturated carbocycles. The quantitative estimate of drug-likeness (QED) is 0.910. The van der Waals surface area contributed by atoms with Gasteiger partial charge in [0.25, 0.3) is 5.91 Å². The van der Waals surface area contributed by atoms with Crippen molar-refractivity contribution in [2.45, 2.75) is 20.0 Å². The molecule has 0 spiro atoms. The summed E-state index contributed by atoms with van der Waals surface area (Å²) in [6.07, 6.45) is 1.63. The van der Waals surface area contributed by atoms with Crippen molar-refractivity contribution in [1.82, 2.24) is 15.4 Å². The molecule has 6 heteroatoms. The lowest BCUT2D eigenvalue weighted by atomic mass is 10.1. The number of nitrogens with one attached hydrogen (secondary N) is 1. The fourth-order valence-electron chi connectivity index (χ4n) is 2.64. The van der Waals surface area contributed by atoms with E-state index in [1.54, 1.807) is 6.20 Å². The number of hydrogen-bond donors (Lipinski definition) is 1. The first-order valence-corrected chi connectivity index (χ1v) is 7.80. The van der Waals surface area contributed by atoms with Crippen molar-refractivity contribution in [2.75, 3.05) is 26.3 Å². The zero-order chi connectivity index (χ0) is 16.1. The molecular weight excluding hydrogens is 294 g/mol. The third-order valence-corrected chi connectivity index (χ3v) is 4.05. The number of morpholine rings is 1. The molecular formula is C17H21N3O3. The van der Waals surface area contributed by atoms with Crippen molar-refractivity contribution in [3.63, 3.8) is 0 Å². The Morgan fingerprint density at radius 2 is 2.04 bits per heavy atom. The van der Waals surface area contributed by atoms with Crippen LogP contribution in [0.1, 0.15) is 27.2 Å². The summed E-state index contributed by atoms with van der Waals surface area (Å²) in [5, 5.41) is 6.66. The summed E-state index contributed by atoms with van der Waals surface area (Å²) in [7, 11) is 0. The topological polar surface area (TPSA) is 67.6 Å². The predicted octanol–water partition coefficient (Wildman–Crippen LogP) is 1.75. The smallest absolute Gasteiger partial charge is 0.251 e. The molecule has 0 aliphatic carbocycles. The molecule has 0 radical (unpaired) electrons. The van der Waals surface area contributed by atoms with Crippen LogP contribution in [0.3, 0.4) is 0 Å². The molecule has 3 rings (SSSR count). The second kappa shape index (κ2) is 7.39. The highest BCUT2D eigenvalue weighted by Gasteiger charge is 2.16. The summed E-state index contributed by atoms with van der Waals surface area (Å²) in [5.41, 5.74) is 2.64. The Hall–Kier alpha value is -2.18. The van der Waals surface area contributed by atoms with Gasteiger partial charge in [-0.1, -0.05) is 23.4 Å². The van der Waals surface area contributed by atoms with E-state index in [1.807, 2.05) is 31.2 Å². The lowest BCUT2D eigenvalue weighted by molar-refractivity contribution is 0.0340. The fraction of sp³-hybridized carbons (Fsp3) is 0.412. The van der Waals surface area contributed by atoms with Gasteiger partial charge in [-0.2, -0.15) is 0 Å². The van der Waals surface area contributed by atoms with Gasteiger partial charge < -0.3 is 14.6 Å². The van der Waals surface area contributed by atoms with Gasteiger partial charge in [0.2, 0.25) is 0 Å². The van der Waals surface area contributed by atoms with Crippen LogP contribution in [-0.2, 0) is 17.8 Å². The minimum atomic E-state index is -0.0746. The van der Waals surface area contributed by atoms with Crippen LogP contribution in [-0.4, -0.2) is 42.3 Å². The zero-order valence-electron chi connectivity index (χ0n) is 13.2. The van der Waals surface area contributed by atoms with Gasteiger partial charge in [-0.05, 0) is 18.6 Å². The molecule has 1 aromatic carbocycles. The number of carbonyl (C=O) groups excluding carboxylic acids is 1. The van der Waals surface area contributed by atoms with Gasteiger partial charge in [0.1, 0.15) is 5.76 Å². The highest BCUT2D eigenvalue weighted by Crippen LogP contribution is 2.14. The summed E-state index contributed by atoms with van der Waals surface area (Å²) in [4.78, 5) is 14.8. The van der Waals surface area contributed by atoms with E-state index in [9.17, 15) is 4.79 Å². The third-order valence-electron chi connectivity index (χ3n) is 4.05. The molecule has 1 N–H and O–H groups in total. The monoisotopic (exact) mass is 315 g/mol. The maximum absolute atomic E-state index is 12.5. The highest BCUT2D eigenvalue weighted by molar-refractivity contribution is 5.95. The minimum Gasteiger partial charge on any atom is -0.379 e. The second-order valence-corrected chi connectivity index (χ2v) is 5.64. The number of nitrogens with zero attached hydrogens (tertiary/aromatic N) is 2. The molecule has 0 atom stereocenters. The second-order valence-electron chi connectivity index (χ2n) is 5.64. The Labute approximate surface area is 135 Å². The van der Waals surface area contributed by atoms with Crippen LogP contribution in [0, 0.1) is 6.92 Å². The van der Waals surface area contributed by atoms with E-state index in [4.69, 9.17) is 9.26 Å². The first kappa shape index (κ1) is 15.7. The lowest BCUT2D eigenvalue weighted by Crippen LogP contribution is -2.36. The summed E-state index contributed by atoms with van der Waals surface area (Å²) >= 11 is 0. The lowest BCUT2D eigenvalue weighted by Gasteiger charge is -2.27. The molecule has 122 valence electrons. The SMILES string of the molecule is Cc1oncc1CNC(=O)c1ccccc1CN1CCOCC1. The van der Waals surface area contributed by atoms with Crippen LogP contribution in [0.2, 0.25) is 0 Å². The molecule has 0 bridgehead atoms. The van der Waals surface area contributed by atoms with Crippen LogP contribution in [0.5, 0.6) is 0 Å². The van der Waals surface area contributed by atoms with Gasteiger partial charge in [0.05, 0.1) is 19.4 Å². The number of benzene rings is 1. The van der Waals surface area contributed by atoms with E-state index in [0.29, 0.717) is 12.1 Å². The Morgan fingerprint density at radius 3 is 2.78 bits per heavy atom. The van der Waals surface area contributed by atoms with Crippen molar-refractivity contribution in [3.8, 4) is 0 Å². The molecule has 1 aromatic heterocycles.